The molecule has 0 saturated heterocycles. The quantitative estimate of drug-likeness (QED) is 0.737. The number of benzene rings is 1. The molecule has 0 aromatic heterocycles. The van der Waals surface area contributed by atoms with Crippen LogP contribution >= 0.6 is 0 Å². The van der Waals surface area contributed by atoms with Gasteiger partial charge in [-0.15, -0.1) is 0 Å². The van der Waals surface area contributed by atoms with Crippen molar-refractivity contribution in [2.75, 3.05) is 11.9 Å². The summed E-state index contributed by atoms with van der Waals surface area (Å²) in [7, 11) is 0. The van der Waals surface area contributed by atoms with Crippen LogP contribution in [0, 0.1) is 11.3 Å². The molecule has 1 aliphatic heterocycles. The Morgan fingerprint density at radius 1 is 1.43 bits per heavy atom. The molecule has 0 amide bonds. The van der Waals surface area contributed by atoms with Crippen LogP contribution in [0.5, 0.6) is 0 Å². The molecule has 0 aliphatic carbocycles. The minimum absolute atomic E-state index is 0.611. The first-order chi connectivity index (χ1) is 6.92. The number of nitrogens with zero attached hydrogens (tertiary/aromatic N) is 1. The van der Waals surface area contributed by atoms with Gasteiger partial charge < -0.3 is 5.32 Å². The van der Waals surface area contributed by atoms with Crippen LogP contribution in [0.15, 0.2) is 24.3 Å². The number of hydrogen-bond donors (Lipinski definition) is 1. The number of hydrogen-bond acceptors (Lipinski definition) is 2. The Morgan fingerprint density at radius 2 is 2.29 bits per heavy atom. The molecule has 2 heteroatoms. The first kappa shape index (κ1) is 9.08. The van der Waals surface area contributed by atoms with E-state index >= 15 is 0 Å². The van der Waals surface area contributed by atoms with Crippen LogP contribution in [-0.2, 0) is 0 Å². The molecule has 14 heavy (non-hydrogen) atoms. The smallest absolute Gasteiger partial charge is 0.0621 e. The molecule has 72 valence electrons. The lowest BCUT2D eigenvalue weighted by atomic mass is 9.96. The lowest BCUT2D eigenvalue weighted by Gasteiger charge is -2.07. The molecule has 1 aromatic rings. The van der Waals surface area contributed by atoms with E-state index < -0.39 is 0 Å². The molecule has 2 nitrogen and oxygen atoms in total. The summed E-state index contributed by atoms with van der Waals surface area (Å²) in [5, 5.41) is 11.9. The largest absolute Gasteiger partial charge is 0.384 e. The molecule has 1 aromatic carbocycles. The highest BCUT2D eigenvalue weighted by Crippen LogP contribution is 2.33. The molecular formula is C12H14N2. The van der Waals surface area contributed by atoms with Gasteiger partial charge in [0.25, 0.3) is 0 Å². The molecule has 0 fully saturated rings. The lowest BCUT2D eigenvalue weighted by molar-refractivity contribution is 0.640. The standard InChI is InChI=1S/C12H14N2/c13-8-4-3-5-10-9-14-12-7-2-1-6-11(10)12/h1-2,6-7,10,14H,3-5,9H2. The van der Waals surface area contributed by atoms with Crippen LogP contribution in [0.25, 0.3) is 0 Å². The number of nitrogens with one attached hydrogen (secondary N) is 1. The van der Waals surface area contributed by atoms with Crippen LogP contribution in [0.2, 0.25) is 0 Å². The van der Waals surface area contributed by atoms with Gasteiger partial charge in [0.1, 0.15) is 0 Å². The van der Waals surface area contributed by atoms with E-state index in [-0.39, 0.29) is 0 Å². The molecule has 0 spiro atoms. The number of rotatable bonds is 3. The van der Waals surface area contributed by atoms with Gasteiger partial charge in [0.15, 0.2) is 0 Å². The fourth-order valence-corrected chi connectivity index (χ4v) is 2.04. The van der Waals surface area contributed by atoms with Gasteiger partial charge in [0.2, 0.25) is 0 Å². The summed E-state index contributed by atoms with van der Waals surface area (Å²) in [5.41, 5.74) is 2.69. The first-order valence-electron chi connectivity index (χ1n) is 5.11. The van der Waals surface area contributed by atoms with Crippen LogP contribution in [0.3, 0.4) is 0 Å². The Balaban J connectivity index is 2.00. The number of fused-ring (bicyclic) bond motifs is 1. The average Bonchev–Trinajstić information content (AvgIpc) is 2.63. The monoisotopic (exact) mass is 186 g/mol. The predicted molar refractivity (Wildman–Crippen MR) is 57.1 cm³/mol. The van der Waals surface area contributed by atoms with Crippen molar-refractivity contribution in [1.29, 1.82) is 5.26 Å². The Morgan fingerprint density at radius 3 is 3.14 bits per heavy atom. The summed E-state index contributed by atoms with van der Waals surface area (Å²) in [6.45, 7) is 1.03. The molecule has 1 aliphatic rings. The van der Waals surface area contributed by atoms with E-state index in [0.717, 1.165) is 19.4 Å². The topological polar surface area (TPSA) is 35.8 Å². The molecule has 0 saturated carbocycles. The molecule has 0 radical (unpaired) electrons. The zero-order valence-electron chi connectivity index (χ0n) is 8.16. The van der Waals surface area contributed by atoms with E-state index in [1.165, 1.54) is 11.3 Å². The fourth-order valence-electron chi connectivity index (χ4n) is 2.04. The van der Waals surface area contributed by atoms with E-state index in [4.69, 9.17) is 5.26 Å². The van der Waals surface area contributed by atoms with Crippen molar-refractivity contribution < 1.29 is 0 Å². The number of nitriles is 1. The van der Waals surface area contributed by atoms with Crippen LogP contribution in [-0.4, -0.2) is 6.54 Å². The third-order valence-electron chi connectivity index (χ3n) is 2.78. The van der Waals surface area contributed by atoms with E-state index in [1.807, 2.05) is 0 Å². The molecule has 1 heterocycles. The maximum atomic E-state index is 8.47. The number of unbranched alkanes of at least 4 members (excludes halogenated alkanes) is 1. The third kappa shape index (κ3) is 1.72. The Labute approximate surface area is 84.6 Å². The van der Waals surface area contributed by atoms with Gasteiger partial charge >= 0.3 is 0 Å². The Hall–Kier alpha value is -1.49. The maximum absolute atomic E-state index is 8.47. The molecule has 1 unspecified atom stereocenters. The summed E-state index contributed by atoms with van der Waals surface area (Å²) < 4.78 is 0. The first-order valence-corrected chi connectivity index (χ1v) is 5.11. The van der Waals surface area contributed by atoms with Gasteiger partial charge in [0, 0.05) is 24.6 Å². The van der Waals surface area contributed by atoms with Gasteiger partial charge in [-0.3, -0.25) is 0 Å². The molecule has 1 N–H and O–H groups in total. The van der Waals surface area contributed by atoms with Crippen molar-refractivity contribution in [3.8, 4) is 6.07 Å². The molecule has 2 rings (SSSR count). The van der Waals surface area contributed by atoms with Crippen LogP contribution < -0.4 is 5.32 Å². The van der Waals surface area contributed by atoms with Crippen molar-refractivity contribution >= 4 is 5.69 Å². The third-order valence-corrected chi connectivity index (χ3v) is 2.78. The maximum Gasteiger partial charge on any atom is 0.0621 e. The Bertz CT molecular complexity index is 352. The minimum atomic E-state index is 0.611. The summed E-state index contributed by atoms with van der Waals surface area (Å²) >= 11 is 0. The van der Waals surface area contributed by atoms with E-state index in [1.54, 1.807) is 0 Å². The fraction of sp³-hybridized carbons (Fsp3) is 0.417. The minimum Gasteiger partial charge on any atom is -0.384 e. The lowest BCUT2D eigenvalue weighted by Crippen LogP contribution is -2.01. The van der Waals surface area contributed by atoms with E-state index in [2.05, 4.69) is 35.7 Å². The highest BCUT2D eigenvalue weighted by atomic mass is 14.9. The SMILES string of the molecule is N#CCCCC1CNc2ccccc21. The van der Waals surface area contributed by atoms with Gasteiger partial charge in [-0.2, -0.15) is 5.26 Å². The van der Waals surface area contributed by atoms with Crippen molar-refractivity contribution in [2.24, 2.45) is 0 Å². The molecular weight excluding hydrogens is 172 g/mol. The summed E-state index contributed by atoms with van der Waals surface area (Å²) in [4.78, 5) is 0. The van der Waals surface area contributed by atoms with Crippen molar-refractivity contribution in [3.63, 3.8) is 0 Å². The van der Waals surface area contributed by atoms with E-state index in [9.17, 15) is 0 Å². The van der Waals surface area contributed by atoms with Crippen LogP contribution in [0.1, 0.15) is 30.7 Å². The van der Waals surface area contributed by atoms with Crippen molar-refractivity contribution in [1.82, 2.24) is 0 Å². The normalized spacial score (nSPS) is 18.4. The summed E-state index contributed by atoms with van der Waals surface area (Å²) in [5.74, 6) is 0.611. The van der Waals surface area contributed by atoms with Gasteiger partial charge in [-0.1, -0.05) is 18.2 Å². The second-order valence-corrected chi connectivity index (χ2v) is 3.72. The Kier molecular flexibility index (Phi) is 2.69. The summed E-state index contributed by atoms with van der Waals surface area (Å²) in [6, 6.07) is 10.7. The predicted octanol–water partition coefficient (Wildman–Crippen LogP) is 2.89. The zero-order valence-corrected chi connectivity index (χ0v) is 8.16. The second kappa shape index (κ2) is 4.15. The summed E-state index contributed by atoms with van der Waals surface area (Å²) in [6.07, 6.45) is 2.81. The number of anilines is 1. The molecule has 0 bridgehead atoms. The highest BCUT2D eigenvalue weighted by Gasteiger charge is 2.20. The molecule has 1 atom stereocenters. The van der Waals surface area contributed by atoms with Crippen molar-refractivity contribution in [3.05, 3.63) is 29.8 Å². The second-order valence-electron chi connectivity index (χ2n) is 3.72. The zero-order chi connectivity index (χ0) is 9.80. The van der Waals surface area contributed by atoms with Gasteiger partial charge in [-0.05, 0) is 24.5 Å². The number of para-hydroxylation sites is 1. The van der Waals surface area contributed by atoms with Crippen LogP contribution in [0.4, 0.5) is 5.69 Å². The van der Waals surface area contributed by atoms with Gasteiger partial charge in [0.05, 0.1) is 6.07 Å². The van der Waals surface area contributed by atoms with Gasteiger partial charge in [-0.25, -0.2) is 0 Å². The highest BCUT2D eigenvalue weighted by molar-refractivity contribution is 5.57. The van der Waals surface area contributed by atoms with E-state index in [0.29, 0.717) is 12.3 Å². The van der Waals surface area contributed by atoms with Crippen molar-refractivity contribution in [2.45, 2.75) is 25.2 Å². The average molecular weight is 186 g/mol.